The molecule has 0 saturated heterocycles. The molecule has 0 unspecified atom stereocenters. The maximum Gasteiger partial charge on any atom is 0.230 e. The fourth-order valence-corrected chi connectivity index (χ4v) is 2.59. The second kappa shape index (κ2) is 8.45. The van der Waals surface area contributed by atoms with Crippen LogP contribution in [0.2, 0.25) is 0 Å². The largest absolute Gasteiger partial charge is 0.367 e. The number of pyridine rings is 1. The quantitative estimate of drug-likeness (QED) is 0.684. The van der Waals surface area contributed by atoms with E-state index in [2.05, 4.69) is 17.1 Å². The van der Waals surface area contributed by atoms with Crippen LogP contribution in [0.3, 0.4) is 0 Å². The lowest BCUT2D eigenvalue weighted by atomic mass is 10.0. The van der Waals surface area contributed by atoms with Crippen molar-refractivity contribution in [3.63, 3.8) is 0 Å². The Kier molecular flexibility index (Phi) is 6.25. The predicted octanol–water partition coefficient (Wildman–Crippen LogP) is 4.61. The van der Waals surface area contributed by atoms with E-state index in [4.69, 9.17) is 10.3 Å². The number of unbranched alkanes of at least 4 members (excludes halogenated alkanes) is 6. The van der Waals surface area contributed by atoms with Gasteiger partial charge in [0.1, 0.15) is 0 Å². The molecule has 0 aromatic carbocycles. The second-order valence-electron chi connectivity index (χ2n) is 5.48. The summed E-state index contributed by atoms with van der Waals surface area (Å²) in [5.74, 6) is 0.402. The van der Waals surface area contributed by atoms with Crippen molar-refractivity contribution in [1.82, 2.24) is 10.1 Å². The highest BCUT2D eigenvalue weighted by molar-refractivity contribution is 5.74. The second-order valence-corrected chi connectivity index (χ2v) is 5.48. The molecular formula is C17H25N3O. The van der Waals surface area contributed by atoms with E-state index in [9.17, 15) is 0 Å². The summed E-state index contributed by atoms with van der Waals surface area (Å²) in [5.41, 5.74) is 8.84. The third-order valence-corrected chi connectivity index (χ3v) is 3.78. The van der Waals surface area contributed by atoms with E-state index >= 15 is 0 Å². The van der Waals surface area contributed by atoms with E-state index in [1.54, 1.807) is 12.4 Å². The number of nitrogens with zero attached hydrogens (tertiary/aromatic N) is 2. The van der Waals surface area contributed by atoms with E-state index in [-0.39, 0.29) is 0 Å². The molecule has 4 nitrogen and oxygen atoms in total. The first-order chi connectivity index (χ1) is 10.3. The Morgan fingerprint density at radius 1 is 1.00 bits per heavy atom. The summed E-state index contributed by atoms with van der Waals surface area (Å²) in [5, 5.41) is 4.12. The zero-order valence-electron chi connectivity index (χ0n) is 12.8. The van der Waals surface area contributed by atoms with Gasteiger partial charge >= 0.3 is 0 Å². The van der Waals surface area contributed by atoms with Crippen molar-refractivity contribution in [3.8, 4) is 11.1 Å². The number of aromatic nitrogens is 2. The Labute approximate surface area is 126 Å². The van der Waals surface area contributed by atoms with Gasteiger partial charge in [-0.05, 0) is 30.5 Å². The van der Waals surface area contributed by atoms with Crippen molar-refractivity contribution in [3.05, 3.63) is 30.2 Å². The van der Waals surface area contributed by atoms with Crippen molar-refractivity contribution < 1.29 is 4.52 Å². The number of rotatable bonds is 9. The van der Waals surface area contributed by atoms with Gasteiger partial charge < -0.3 is 10.3 Å². The molecule has 0 spiro atoms. The molecule has 0 aliphatic carbocycles. The number of nitrogen functional groups attached to an aromatic ring is 1. The molecule has 0 aliphatic heterocycles. The van der Waals surface area contributed by atoms with Crippen molar-refractivity contribution in [1.29, 1.82) is 0 Å². The first-order valence-electron chi connectivity index (χ1n) is 7.97. The van der Waals surface area contributed by atoms with Crippen molar-refractivity contribution in [2.75, 3.05) is 5.73 Å². The van der Waals surface area contributed by atoms with Crippen LogP contribution in [0.15, 0.2) is 29.0 Å². The molecule has 0 radical (unpaired) electrons. The van der Waals surface area contributed by atoms with Crippen LogP contribution in [0.4, 0.5) is 5.88 Å². The molecule has 0 saturated carbocycles. The Morgan fingerprint density at radius 2 is 1.67 bits per heavy atom. The third kappa shape index (κ3) is 4.59. The minimum absolute atomic E-state index is 0.402. The summed E-state index contributed by atoms with van der Waals surface area (Å²) < 4.78 is 5.17. The first kappa shape index (κ1) is 15.5. The molecular weight excluding hydrogens is 262 g/mol. The van der Waals surface area contributed by atoms with Crippen LogP contribution in [0.25, 0.3) is 11.1 Å². The van der Waals surface area contributed by atoms with Gasteiger partial charge in [0.15, 0.2) is 0 Å². The number of hydrogen-bond acceptors (Lipinski definition) is 4. The highest BCUT2D eigenvalue weighted by Crippen LogP contribution is 2.30. The monoisotopic (exact) mass is 287 g/mol. The van der Waals surface area contributed by atoms with Gasteiger partial charge in [0.05, 0.1) is 11.3 Å². The summed E-state index contributed by atoms with van der Waals surface area (Å²) in [6, 6.07) is 3.88. The van der Waals surface area contributed by atoms with Crippen LogP contribution in [-0.4, -0.2) is 10.1 Å². The number of aryl methyl sites for hydroxylation is 1. The van der Waals surface area contributed by atoms with E-state index in [1.165, 1.54) is 38.5 Å². The highest BCUT2D eigenvalue weighted by Gasteiger charge is 2.14. The van der Waals surface area contributed by atoms with Crippen molar-refractivity contribution >= 4 is 5.88 Å². The van der Waals surface area contributed by atoms with Gasteiger partial charge in [0, 0.05) is 12.4 Å². The summed E-state index contributed by atoms with van der Waals surface area (Å²) in [6.07, 6.45) is 13.5. The fraction of sp³-hybridized carbons (Fsp3) is 0.529. The third-order valence-electron chi connectivity index (χ3n) is 3.78. The van der Waals surface area contributed by atoms with E-state index in [0.29, 0.717) is 5.88 Å². The van der Waals surface area contributed by atoms with Gasteiger partial charge in [-0.25, -0.2) is 0 Å². The molecule has 0 aliphatic rings. The molecule has 0 fully saturated rings. The minimum Gasteiger partial charge on any atom is -0.367 e. The predicted molar refractivity (Wildman–Crippen MR) is 85.8 cm³/mol. The molecule has 0 atom stereocenters. The summed E-state index contributed by atoms with van der Waals surface area (Å²) in [4.78, 5) is 4.03. The van der Waals surface area contributed by atoms with Gasteiger partial charge in [-0.15, -0.1) is 0 Å². The first-order valence-corrected chi connectivity index (χ1v) is 7.97. The van der Waals surface area contributed by atoms with Gasteiger partial charge in [0.25, 0.3) is 0 Å². The lowest BCUT2D eigenvalue weighted by Gasteiger charge is -2.03. The van der Waals surface area contributed by atoms with Gasteiger partial charge in [-0.2, -0.15) is 0 Å². The van der Waals surface area contributed by atoms with Crippen LogP contribution in [0.5, 0.6) is 0 Å². The van der Waals surface area contributed by atoms with Crippen LogP contribution in [0, 0.1) is 0 Å². The van der Waals surface area contributed by atoms with E-state index < -0.39 is 0 Å². The van der Waals surface area contributed by atoms with Crippen molar-refractivity contribution in [2.24, 2.45) is 0 Å². The molecule has 2 aromatic heterocycles. The van der Waals surface area contributed by atoms with Crippen LogP contribution < -0.4 is 5.73 Å². The van der Waals surface area contributed by atoms with Crippen molar-refractivity contribution in [2.45, 2.75) is 58.3 Å². The van der Waals surface area contributed by atoms with E-state index in [1.807, 2.05) is 12.1 Å². The van der Waals surface area contributed by atoms with Crippen LogP contribution in [0.1, 0.15) is 57.6 Å². The summed E-state index contributed by atoms with van der Waals surface area (Å²) in [6.45, 7) is 2.25. The summed E-state index contributed by atoms with van der Waals surface area (Å²) in [7, 11) is 0. The van der Waals surface area contributed by atoms with E-state index in [0.717, 1.165) is 29.7 Å². The van der Waals surface area contributed by atoms with Crippen LogP contribution >= 0.6 is 0 Å². The SMILES string of the molecule is CCCCCCCCCc1noc(N)c1-c1ccncc1. The van der Waals surface area contributed by atoms with Gasteiger partial charge in [-0.1, -0.05) is 50.6 Å². The van der Waals surface area contributed by atoms with Gasteiger partial charge in [0.2, 0.25) is 5.88 Å². The number of nitrogens with two attached hydrogens (primary N) is 1. The normalized spacial score (nSPS) is 10.9. The molecule has 21 heavy (non-hydrogen) atoms. The number of hydrogen-bond donors (Lipinski definition) is 1. The zero-order chi connectivity index (χ0) is 14.9. The number of anilines is 1. The topological polar surface area (TPSA) is 64.9 Å². The summed E-state index contributed by atoms with van der Waals surface area (Å²) >= 11 is 0. The molecule has 4 heteroatoms. The average Bonchev–Trinajstić information content (AvgIpc) is 2.88. The molecule has 0 bridgehead atoms. The van der Waals surface area contributed by atoms with Gasteiger partial charge in [-0.3, -0.25) is 4.98 Å². The maximum absolute atomic E-state index is 5.91. The molecule has 0 amide bonds. The zero-order valence-corrected chi connectivity index (χ0v) is 12.8. The molecule has 2 heterocycles. The Hall–Kier alpha value is -1.84. The molecule has 114 valence electrons. The average molecular weight is 287 g/mol. The standard InChI is InChI=1S/C17H25N3O/c1-2-3-4-5-6-7-8-9-15-16(17(18)21-20-15)14-10-12-19-13-11-14/h10-13H,2-9,18H2,1H3. The highest BCUT2D eigenvalue weighted by atomic mass is 16.5. The Morgan fingerprint density at radius 3 is 2.38 bits per heavy atom. The minimum atomic E-state index is 0.402. The lowest BCUT2D eigenvalue weighted by molar-refractivity contribution is 0.425. The van der Waals surface area contributed by atoms with Crippen LogP contribution in [-0.2, 0) is 6.42 Å². The molecule has 2 rings (SSSR count). The molecule has 2 aromatic rings. The Balaban J connectivity index is 1.84. The maximum atomic E-state index is 5.91. The smallest absolute Gasteiger partial charge is 0.230 e. The lowest BCUT2D eigenvalue weighted by Crippen LogP contribution is -1.92. The fourth-order valence-electron chi connectivity index (χ4n) is 2.59. The Bertz CT molecular complexity index is 522. The molecule has 2 N–H and O–H groups in total.